The monoisotopic (exact) mass is 498 g/mol. The minimum atomic E-state index is -3.60. The summed E-state index contributed by atoms with van der Waals surface area (Å²) in [5.41, 5.74) is 1.18. The molecule has 0 aliphatic carbocycles. The van der Waals surface area contributed by atoms with Crippen LogP contribution in [0.1, 0.15) is 48.0 Å². The molecule has 1 atom stereocenters. The SMILES string of the molecule is CC1CCCCN1S(=O)(=O)c1ccc(C(=O)Nc2nnc(Cc3ccc4c(c3)OCCO4)o2)cc1. The number of nitrogens with one attached hydrogen (secondary N) is 1. The third-order valence-corrected chi connectivity index (χ3v) is 8.14. The van der Waals surface area contributed by atoms with E-state index in [0.29, 0.717) is 43.6 Å². The molecule has 184 valence electrons. The van der Waals surface area contributed by atoms with E-state index in [9.17, 15) is 13.2 Å². The van der Waals surface area contributed by atoms with Crippen molar-refractivity contribution in [1.29, 1.82) is 0 Å². The largest absolute Gasteiger partial charge is 0.486 e. The van der Waals surface area contributed by atoms with Crippen LogP contribution in [0.5, 0.6) is 11.5 Å². The van der Waals surface area contributed by atoms with Gasteiger partial charge in [-0.15, -0.1) is 5.10 Å². The fourth-order valence-electron chi connectivity index (χ4n) is 4.26. The van der Waals surface area contributed by atoms with Crippen molar-refractivity contribution < 1.29 is 27.1 Å². The number of rotatable bonds is 6. The van der Waals surface area contributed by atoms with E-state index in [-0.39, 0.29) is 22.5 Å². The van der Waals surface area contributed by atoms with Crippen molar-refractivity contribution in [3.05, 3.63) is 59.5 Å². The molecule has 2 aliphatic heterocycles. The van der Waals surface area contributed by atoms with E-state index < -0.39 is 15.9 Å². The van der Waals surface area contributed by atoms with Gasteiger partial charge < -0.3 is 13.9 Å². The fourth-order valence-corrected chi connectivity index (χ4v) is 5.96. The predicted molar refractivity (Wildman–Crippen MR) is 126 cm³/mol. The first kappa shape index (κ1) is 23.3. The molecular weight excluding hydrogens is 472 g/mol. The summed E-state index contributed by atoms with van der Waals surface area (Å²) in [7, 11) is -3.60. The topological polar surface area (TPSA) is 124 Å². The Morgan fingerprint density at radius 1 is 1.06 bits per heavy atom. The molecule has 1 fully saturated rings. The second kappa shape index (κ2) is 9.67. The van der Waals surface area contributed by atoms with Crippen molar-refractivity contribution in [3.63, 3.8) is 0 Å². The van der Waals surface area contributed by atoms with Crippen LogP contribution in [0, 0.1) is 0 Å². The van der Waals surface area contributed by atoms with E-state index in [0.717, 1.165) is 24.8 Å². The van der Waals surface area contributed by atoms with Crippen LogP contribution in [0.15, 0.2) is 51.8 Å². The molecule has 1 saturated heterocycles. The molecule has 1 amide bonds. The van der Waals surface area contributed by atoms with E-state index in [1.54, 1.807) is 0 Å². The first-order valence-electron chi connectivity index (χ1n) is 11.5. The third kappa shape index (κ3) is 5.01. The van der Waals surface area contributed by atoms with Gasteiger partial charge in [-0.1, -0.05) is 17.6 Å². The number of carbonyl (C=O) groups is 1. The highest BCUT2D eigenvalue weighted by Gasteiger charge is 2.31. The number of anilines is 1. The summed E-state index contributed by atoms with van der Waals surface area (Å²) in [6.45, 7) is 3.45. The van der Waals surface area contributed by atoms with Crippen LogP contribution in [0.25, 0.3) is 0 Å². The average Bonchev–Trinajstić information content (AvgIpc) is 3.30. The minimum Gasteiger partial charge on any atom is -0.486 e. The maximum Gasteiger partial charge on any atom is 0.322 e. The quantitative estimate of drug-likeness (QED) is 0.549. The van der Waals surface area contributed by atoms with Crippen LogP contribution in [0.4, 0.5) is 6.01 Å². The lowest BCUT2D eigenvalue weighted by molar-refractivity contribution is 0.102. The molecule has 1 aromatic heterocycles. The van der Waals surface area contributed by atoms with E-state index in [1.165, 1.54) is 28.6 Å². The number of piperidine rings is 1. The maximum absolute atomic E-state index is 13.0. The van der Waals surface area contributed by atoms with Gasteiger partial charge in [-0.3, -0.25) is 10.1 Å². The normalized spacial score (nSPS) is 18.3. The number of hydrogen-bond donors (Lipinski definition) is 1. The van der Waals surface area contributed by atoms with Gasteiger partial charge in [0.15, 0.2) is 11.5 Å². The summed E-state index contributed by atoms with van der Waals surface area (Å²) in [4.78, 5) is 12.8. The molecule has 10 nitrogen and oxygen atoms in total. The van der Waals surface area contributed by atoms with Gasteiger partial charge >= 0.3 is 6.01 Å². The molecule has 0 saturated carbocycles. The van der Waals surface area contributed by atoms with Crippen molar-refractivity contribution in [2.45, 2.75) is 43.5 Å². The first-order valence-corrected chi connectivity index (χ1v) is 13.0. The smallest absolute Gasteiger partial charge is 0.322 e. The Hall–Kier alpha value is -3.44. The molecule has 3 heterocycles. The summed E-state index contributed by atoms with van der Waals surface area (Å²) in [6, 6.07) is 11.4. The number of amides is 1. The molecule has 0 bridgehead atoms. The van der Waals surface area contributed by atoms with Gasteiger partial charge in [0.25, 0.3) is 5.91 Å². The lowest BCUT2D eigenvalue weighted by Crippen LogP contribution is -2.41. The number of sulfonamides is 1. The van der Waals surface area contributed by atoms with E-state index in [4.69, 9.17) is 13.9 Å². The van der Waals surface area contributed by atoms with Crippen molar-refractivity contribution in [2.24, 2.45) is 0 Å². The summed E-state index contributed by atoms with van der Waals surface area (Å²) < 4.78 is 44.2. The molecule has 0 spiro atoms. The standard InChI is InChI=1S/C24H26N4O6S/c1-16-4-2-3-11-28(16)35(30,31)19-8-6-18(7-9-19)23(29)25-24-27-26-22(34-24)15-17-5-10-20-21(14-17)33-13-12-32-20/h5-10,14,16H,2-4,11-13,15H2,1H3,(H,25,27,29). The van der Waals surface area contributed by atoms with Crippen molar-refractivity contribution in [2.75, 3.05) is 25.1 Å². The van der Waals surface area contributed by atoms with Crippen LogP contribution in [0.3, 0.4) is 0 Å². The molecule has 35 heavy (non-hydrogen) atoms. The zero-order valence-corrected chi connectivity index (χ0v) is 20.1. The van der Waals surface area contributed by atoms with Crippen LogP contribution in [-0.4, -0.2) is 54.6 Å². The highest BCUT2D eigenvalue weighted by atomic mass is 32.2. The maximum atomic E-state index is 13.0. The Balaban J connectivity index is 1.23. The number of ether oxygens (including phenoxy) is 2. The van der Waals surface area contributed by atoms with Gasteiger partial charge in [0.1, 0.15) is 13.2 Å². The highest BCUT2D eigenvalue weighted by Crippen LogP contribution is 2.31. The Morgan fingerprint density at radius 3 is 2.60 bits per heavy atom. The molecule has 3 aromatic rings. The van der Waals surface area contributed by atoms with Crippen molar-refractivity contribution in [3.8, 4) is 11.5 Å². The van der Waals surface area contributed by atoms with Gasteiger partial charge in [0.05, 0.1) is 11.3 Å². The van der Waals surface area contributed by atoms with Gasteiger partial charge in [0.2, 0.25) is 15.9 Å². The van der Waals surface area contributed by atoms with Gasteiger partial charge in [-0.2, -0.15) is 4.31 Å². The average molecular weight is 499 g/mol. The molecule has 1 unspecified atom stereocenters. The number of benzene rings is 2. The van der Waals surface area contributed by atoms with Gasteiger partial charge in [-0.25, -0.2) is 8.42 Å². The number of hydrogen-bond acceptors (Lipinski definition) is 8. The fraction of sp³-hybridized carbons (Fsp3) is 0.375. The first-order chi connectivity index (χ1) is 16.9. The second-order valence-corrected chi connectivity index (χ2v) is 10.5. The number of carbonyl (C=O) groups excluding carboxylic acids is 1. The molecular formula is C24H26N4O6S. The highest BCUT2D eigenvalue weighted by molar-refractivity contribution is 7.89. The summed E-state index contributed by atoms with van der Waals surface area (Å²) >= 11 is 0. The Kier molecular flexibility index (Phi) is 6.44. The van der Waals surface area contributed by atoms with Gasteiger partial charge in [0, 0.05) is 18.2 Å². The van der Waals surface area contributed by atoms with E-state index in [1.807, 2.05) is 25.1 Å². The summed E-state index contributed by atoms with van der Waals surface area (Å²) in [5.74, 6) is 1.22. The molecule has 1 N–H and O–H groups in total. The summed E-state index contributed by atoms with van der Waals surface area (Å²) in [6.07, 6.45) is 3.09. The zero-order valence-electron chi connectivity index (χ0n) is 19.3. The molecule has 0 radical (unpaired) electrons. The molecule has 11 heteroatoms. The molecule has 5 rings (SSSR count). The van der Waals surface area contributed by atoms with Gasteiger partial charge in [-0.05, 0) is 61.7 Å². The summed E-state index contributed by atoms with van der Waals surface area (Å²) in [5, 5.41) is 10.4. The van der Waals surface area contributed by atoms with Crippen LogP contribution in [-0.2, 0) is 16.4 Å². The lowest BCUT2D eigenvalue weighted by atomic mass is 10.1. The van der Waals surface area contributed by atoms with E-state index in [2.05, 4.69) is 15.5 Å². The van der Waals surface area contributed by atoms with Crippen LogP contribution >= 0.6 is 0 Å². The number of nitrogens with zero attached hydrogens (tertiary/aromatic N) is 3. The third-order valence-electron chi connectivity index (χ3n) is 6.11. The molecule has 2 aliphatic rings. The Labute approximate surface area is 203 Å². The lowest BCUT2D eigenvalue weighted by Gasteiger charge is -2.32. The van der Waals surface area contributed by atoms with Crippen LogP contribution in [0.2, 0.25) is 0 Å². The van der Waals surface area contributed by atoms with Crippen LogP contribution < -0.4 is 14.8 Å². The zero-order chi connectivity index (χ0) is 24.4. The van der Waals surface area contributed by atoms with Crippen molar-refractivity contribution >= 4 is 21.9 Å². The second-order valence-electron chi connectivity index (χ2n) is 8.59. The predicted octanol–water partition coefficient (Wildman–Crippen LogP) is 3.25. The molecule has 2 aromatic carbocycles. The van der Waals surface area contributed by atoms with Crippen molar-refractivity contribution in [1.82, 2.24) is 14.5 Å². The van der Waals surface area contributed by atoms with E-state index >= 15 is 0 Å². The Morgan fingerprint density at radius 2 is 1.83 bits per heavy atom. The number of aromatic nitrogens is 2. The Bertz CT molecular complexity index is 1320. The number of fused-ring (bicyclic) bond motifs is 1. The minimum absolute atomic E-state index is 0.0365.